The van der Waals surface area contributed by atoms with Gasteiger partial charge in [0.2, 0.25) is 0 Å². The normalized spacial score (nSPS) is 27.6. The molecule has 2 bridgehead atoms. The number of halogens is 2. The van der Waals surface area contributed by atoms with Crippen molar-refractivity contribution in [3.05, 3.63) is 83.1 Å². The van der Waals surface area contributed by atoms with E-state index in [2.05, 4.69) is 53.2 Å². The molecule has 2 fully saturated rings. The zero-order valence-electron chi connectivity index (χ0n) is 19.6. The van der Waals surface area contributed by atoms with Crippen molar-refractivity contribution in [2.45, 2.75) is 50.7 Å². The second-order valence-corrected chi connectivity index (χ2v) is 10.5. The summed E-state index contributed by atoms with van der Waals surface area (Å²) in [6.45, 7) is 7.90. The first-order valence-corrected chi connectivity index (χ1v) is 12.1. The molecule has 6 rings (SSSR count). The Labute approximate surface area is 199 Å². The quantitative estimate of drug-likeness (QED) is 0.516. The topological polar surface area (TPSA) is 38.2 Å². The summed E-state index contributed by atoms with van der Waals surface area (Å²) in [6.07, 6.45) is 2.00. The highest BCUT2D eigenvalue weighted by Crippen LogP contribution is 2.69. The van der Waals surface area contributed by atoms with Crippen molar-refractivity contribution in [2.24, 2.45) is 5.41 Å². The number of hydrogen-bond acceptors (Lipinski definition) is 4. The molecule has 1 aliphatic heterocycles. The van der Waals surface area contributed by atoms with Crippen LogP contribution in [0.3, 0.4) is 0 Å². The monoisotopic (exact) mass is 461 g/mol. The van der Waals surface area contributed by atoms with E-state index in [1.54, 1.807) is 0 Å². The van der Waals surface area contributed by atoms with Crippen LogP contribution >= 0.6 is 0 Å². The van der Waals surface area contributed by atoms with Gasteiger partial charge in [-0.2, -0.15) is 10.2 Å². The maximum atomic E-state index is 14.5. The molecular formula is C28H29F2N3O. The van der Waals surface area contributed by atoms with Crippen molar-refractivity contribution in [3.8, 4) is 11.3 Å². The van der Waals surface area contributed by atoms with E-state index in [1.165, 1.54) is 23.8 Å². The van der Waals surface area contributed by atoms with Gasteiger partial charge in [-0.05, 0) is 53.5 Å². The van der Waals surface area contributed by atoms with Crippen LogP contribution in [0.4, 0.5) is 8.78 Å². The third-order valence-corrected chi connectivity index (χ3v) is 8.64. The average Bonchev–Trinajstić information content (AvgIpc) is 3.21. The van der Waals surface area contributed by atoms with E-state index in [1.807, 2.05) is 12.1 Å². The molecule has 1 saturated carbocycles. The molecule has 2 heterocycles. The number of fused-ring (bicyclic) bond motifs is 5. The maximum absolute atomic E-state index is 14.5. The standard InChI is InChI=1S/C28H29F2N3O/c1-27(2)20-11-12-28(27,24-17-33(13-14-34-24)16-18-7-4-3-5-8-18)26-19(20)15-23(31-32-26)25-21(29)9-6-10-22(25)30/h3-10,15,20,24H,11-14,16-17H2,1-2H3/t20-,24-,28-/m0/s1. The molecule has 6 heteroatoms. The minimum Gasteiger partial charge on any atom is -0.375 e. The lowest BCUT2D eigenvalue weighted by atomic mass is 9.64. The van der Waals surface area contributed by atoms with Gasteiger partial charge in [0.25, 0.3) is 0 Å². The molecular weight excluding hydrogens is 432 g/mol. The van der Waals surface area contributed by atoms with E-state index in [-0.39, 0.29) is 34.1 Å². The van der Waals surface area contributed by atoms with Gasteiger partial charge in [0, 0.05) is 25.0 Å². The molecule has 3 atom stereocenters. The zero-order chi connectivity index (χ0) is 23.5. The molecule has 4 nitrogen and oxygen atoms in total. The predicted molar refractivity (Wildman–Crippen MR) is 126 cm³/mol. The van der Waals surface area contributed by atoms with Crippen LogP contribution in [0, 0.1) is 17.0 Å². The van der Waals surface area contributed by atoms with Crippen molar-refractivity contribution < 1.29 is 13.5 Å². The van der Waals surface area contributed by atoms with Gasteiger partial charge in [-0.25, -0.2) is 8.78 Å². The highest BCUT2D eigenvalue weighted by atomic mass is 19.1. The van der Waals surface area contributed by atoms with E-state index in [9.17, 15) is 8.78 Å². The van der Waals surface area contributed by atoms with Gasteiger partial charge in [0.1, 0.15) is 11.6 Å². The number of ether oxygens (including phenoxy) is 1. The van der Waals surface area contributed by atoms with Crippen LogP contribution in [0.25, 0.3) is 11.3 Å². The van der Waals surface area contributed by atoms with Crippen molar-refractivity contribution in [1.82, 2.24) is 15.1 Å². The molecule has 2 aromatic carbocycles. The van der Waals surface area contributed by atoms with Crippen LogP contribution in [-0.2, 0) is 16.7 Å². The van der Waals surface area contributed by atoms with Gasteiger partial charge < -0.3 is 4.74 Å². The summed E-state index contributed by atoms with van der Waals surface area (Å²) in [5, 5.41) is 9.02. The van der Waals surface area contributed by atoms with Crippen LogP contribution in [0.15, 0.2) is 54.6 Å². The third-order valence-electron chi connectivity index (χ3n) is 8.64. The molecule has 0 N–H and O–H groups in total. The van der Waals surface area contributed by atoms with Crippen molar-refractivity contribution >= 4 is 0 Å². The fraction of sp³-hybridized carbons (Fsp3) is 0.429. The second kappa shape index (κ2) is 7.92. The van der Waals surface area contributed by atoms with Crippen LogP contribution in [0.1, 0.15) is 49.4 Å². The summed E-state index contributed by atoms with van der Waals surface area (Å²) in [6, 6.07) is 16.3. The summed E-state index contributed by atoms with van der Waals surface area (Å²) in [7, 11) is 0. The Morgan fingerprint density at radius 1 is 1.03 bits per heavy atom. The molecule has 176 valence electrons. The molecule has 0 spiro atoms. The summed E-state index contributed by atoms with van der Waals surface area (Å²) in [5.74, 6) is -0.961. The van der Waals surface area contributed by atoms with Crippen LogP contribution in [0.2, 0.25) is 0 Å². The lowest BCUT2D eigenvalue weighted by Gasteiger charge is -2.47. The Morgan fingerprint density at radius 3 is 2.56 bits per heavy atom. The van der Waals surface area contributed by atoms with Crippen molar-refractivity contribution in [3.63, 3.8) is 0 Å². The molecule has 1 saturated heterocycles. The number of rotatable bonds is 4. The molecule has 1 aromatic heterocycles. The van der Waals surface area contributed by atoms with Crippen molar-refractivity contribution in [2.75, 3.05) is 19.7 Å². The van der Waals surface area contributed by atoms with Gasteiger partial charge in [-0.1, -0.05) is 50.2 Å². The van der Waals surface area contributed by atoms with Gasteiger partial charge in [-0.3, -0.25) is 4.90 Å². The number of nitrogens with zero attached hydrogens (tertiary/aromatic N) is 3. The molecule has 3 aromatic rings. The van der Waals surface area contributed by atoms with E-state index >= 15 is 0 Å². The Balaban J connectivity index is 1.37. The summed E-state index contributed by atoms with van der Waals surface area (Å²) in [5.41, 5.74) is 3.15. The van der Waals surface area contributed by atoms with Crippen LogP contribution in [-0.4, -0.2) is 40.9 Å². The lowest BCUT2D eigenvalue weighted by Crippen LogP contribution is -2.56. The van der Waals surface area contributed by atoms with Gasteiger partial charge in [0.05, 0.1) is 29.7 Å². The van der Waals surface area contributed by atoms with Gasteiger partial charge >= 0.3 is 0 Å². The van der Waals surface area contributed by atoms with E-state index in [4.69, 9.17) is 4.74 Å². The smallest absolute Gasteiger partial charge is 0.135 e. The van der Waals surface area contributed by atoms with Crippen molar-refractivity contribution in [1.29, 1.82) is 0 Å². The van der Waals surface area contributed by atoms with Crippen LogP contribution < -0.4 is 0 Å². The van der Waals surface area contributed by atoms with Gasteiger partial charge in [0.15, 0.2) is 0 Å². The minimum atomic E-state index is -0.612. The first kappa shape index (κ1) is 21.8. The first-order chi connectivity index (χ1) is 16.4. The molecule has 34 heavy (non-hydrogen) atoms. The molecule has 0 unspecified atom stereocenters. The van der Waals surface area contributed by atoms with E-state index in [0.717, 1.165) is 43.7 Å². The third kappa shape index (κ3) is 3.08. The largest absolute Gasteiger partial charge is 0.375 e. The van der Waals surface area contributed by atoms with Crippen LogP contribution in [0.5, 0.6) is 0 Å². The number of aromatic nitrogens is 2. The highest BCUT2D eigenvalue weighted by molar-refractivity contribution is 5.63. The predicted octanol–water partition coefficient (Wildman–Crippen LogP) is 5.48. The summed E-state index contributed by atoms with van der Waals surface area (Å²) < 4.78 is 35.4. The van der Waals surface area contributed by atoms with Gasteiger partial charge in [-0.15, -0.1) is 0 Å². The molecule has 0 amide bonds. The Kier molecular flexibility index (Phi) is 5.08. The SMILES string of the molecule is CC1(C)[C@H]2CC[C@]1([C@@H]1CN(Cc3ccccc3)CCO1)c1nnc(-c3c(F)cccc3F)cc12. The number of benzene rings is 2. The number of hydrogen-bond donors (Lipinski definition) is 0. The highest BCUT2D eigenvalue weighted by Gasteiger charge is 2.67. The average molecular weight is 462 g/mol. The Hall–Kier alpha value is -2.70. The molecule has 2 aliphatic carbocycles. The van der Waals surface area contributed by atoms with E-state index in [0.29, 0.717) is 6.61 Å². The van der Waals surface area contributed by atoms with E-state index < -0.39 is 11.6 Å². The first-order valence-electron chi connectivity index (χ1n) is 12.1. The molecule has 0 radical (unpaired) electrons. The molecule has 3 aliphatic rings. The fourth-order valence-corrected chi connectivity index (χ4v) is 6.93. The minimum absolute atomic E-state index is 0.00319. The summed E-state index contributed by atoms with van der Waals surface area (Å²) >= 11 is 0. The Morgan fingerprint density at radius 2 is 1.79 bits per heavy atom. The summed E-state index contributed by atoms with van der Waals surface area (Å²) in [4.78, 5) is 2.47. The Bertz CT molecular complexity index is 1210. The lowest BCUT2D eigenvalue weighted by molar-refractivity contribution is -0.0941. The maximum Gasteiger partial charge on any atom is 0.135 e. The second-order valence-electron chi connectivity index (χ2n) is 10.5. The zero-order valence-corrected chi connectivity index (χ0v) is 19.6. The number of morpholine rings is 1. The fourth-order valence-electron chi connectivity index (χ4n) is 6.93.